The summed E-state index contributed by atoms with van der Waals surface area (Å²) >= 11 is 0. The van der Waals surface area contributed by atoms with Gasteiger partial charge in [0.05, 0.1) is 18.8 Å². The Morgan fingerprint density at radius 1 is 0.929 bits per heavy atom. The van der Waals surface area contributed by atoms with Gasteiger partial charge in [0, 0.05) is 39.1 Å². The summed E-state index contributed by atoms with van der Waals surface area (Å²) in [6.45, 7) is 8.14. The van der Waals surface area contributed by atoms with Crippen molar-refractivity contribution in [3.05, 3.63) is 71.3 Å². The van der Waals surface area contributed by atoms with Gasteiger partial charge in [-0.15, -0.1) is 0 Å². The summed E-state index contributed by atoms with van der Waals surface area (Å²) in [6.07, 6.45) is 0.833. The van der Waals surface area contributed by atoms with Crippen molar-refractivity contribution in [2.45, 2.75) is 19.9 Å². The number of piperazine rings is 1. The number of carbonyl (C=O) groups is 1. The van der Waals surface area contributed by atoms with Crippen molar-refractivity contribution in [2.75, 3.05) is 39.3 Å². The molecule has 2 heterocycles. The molecule has 2 aliphatic rings. The third kappa shape index (κ3) is 4.66. The van der Waals surface area contributed by atoms with Gasteiger partial charge < -0.3 is 0 Å². The molecule has 146 valence electrons. The van der Waals surface area contributed by atoms with Crippen LogP contribution >= 0.6 is 0 Å². The van der Waals surface area contributed by atoms with Gasteiger partial charge in [-0.2, -0.15) is 5.10 Å². The normalized spacial score (nSPS) is 18.3. The fourth-order valence-electron chi connectivity index (χ4n) is 3.92. The van der Waals surface area contributed by atoms with Crippen LogP contribution in [-0.4, -0.2) is 65.7 Å². The van der Waals surface area contributed by atoms with E-state index in [0.717, 1.165) is 50.4 Å². The molecule has 1 fully saturated rings. The molecule has 2 aromatic carbocycles. The lowest BCUT2D eigenvalue weighted by atomic mass is 10.1. The summed E-state index contributed by atoms with van der Waals surface area (Å²) in [5.41, 5.74) is 4.80. The predicted octanol–water partition coefficient (Wildman–Crippen LogP) is 2.75. The van der Waals surface area contributed by atoms with Gasteiger partial charge in [-0.25, -0.2) is 5.01 Å². The van der Waals surface area contributed by atoms with Crippen LogP contribution in [0.5, 0.6) is 0 Å². The van der Waals surface area contributed by atoms with Crippen LogP contribution in [0.1, 0.15) is 23.1 Å². The molecular formula is C23H28N4O. The molecule has 0 spiro atoms. The van der Waals surface area contributed by atoms with Crippen LogP contribution in [0.2, 0.25) is 0 Å². The molecule has 2 aliphatic heterocycles. The third-order valence-corrected chi connectivity index (χ3v) is 5.51. The van der Waals surface area contributed by atoms with Crippen LogP contribution in [0.25, 0.3) is 0 Å². The van der Waals surface area contributed by atoms with Crippen LogP contribution in [0, 0.1) is 6.92 Å². The predicted molar refractivity (Wildman–Crippen MR) is 112 cm³/mol. The van der Waals surface area contributed by atoms with E-state index >= 15 is 0 Å². The quantitative estimate of drug-likeness (QED) is 0.806. The Hall–Kier alpha value is -2.50. The number of hydrogen-bond acceptors (Lipinski definition) is 4. The zero-order valence-electron chi connectivity index (χ0n) is 16.6. The molecular weight excluding hydrogens is 348 g/mol. The maximum absolute atomic E-state index is 12.7. The number of nitrogens with zero attached hydrogens (tertiary/aromatic N) is 4. The highest BCUT2D eigenvalue weighted by Gasteiger charge is 2.25. The molecule has 5 nitrogen and oxygen atoms in total. The molecule has 0 radical (unpaired) electrons. The monoisotopic (exact) mass is 376 g/mol. The zero-order valence-corrected chi connectivity index (χ0v) is 16.6. The van der Waals surface area contributed by atoms with E-state index < -0.39 is 0 Å². The van der Waals surface area contributed by atoms with Crippen LogP contribution in [0.3, 0.4) is 0 Å². The molecule has 0 atom stereocenters. The SMILES string of the molecule is Cc1cccc(CN2CCN(CC(=O)N3CCC(c4ccccc4)=N3)CC2)c1. The zero-order chi connectivity index (χ0) is 19.3. The lowest BCUT2D eigenvalue weighted by Crippen LogP contribution is -2.49. The highest BCUT2D eigenvalue weighted by Crippen LogP contribution is 2.15. The fraction of sp³-hybridized carbons (Fsp3) is 0.391. The summed E-state index contributed by atoms with van der Waals surface area (Å²) in [5, 5.41) is 6.22. The van der Waals surface area contributed by atoms with E-state index in [1.54, 1.807) is 5.01 Å². The van der Waals surface area contributed by atoms with Crippen LogP contribution in [0.4, 0.5) is 0 Å². The van der Waals surface area contributed by atoms with E-state index in [1.165, 1.54) is 11.1 Å². The standard InChI is InChI=1S/C23H28N4O/c1-19-6-5-7-20(16-19)17-25-12-14-26(15-13-25)18-23(28)27-11-10-22(24-27)21-8-3-2-4-9-21/h2-9,16H,10-15,17-18H2,1H3. The van der Waals surface area contributed by atoms with Gasteiger partial charge in [0.15, 0.2) is 0 Å². The first-order chi connectivity index (χ1) is 13.7. The summed E-state index contributed by atoms with van der Waals surface area (Å²) in [4.78, 5) is 17.4. The average molecular weight is 377 g/mol. The van der Waals surface area contributed by atoms with Gasteiger partial charge in [0.1, 0.15) is 0 Å². The molecule has 0 aliphatic carbocycles. The minimum absolute atomic E-state index is 0.109. The maximum Gasteiger partial charge on any atom is 0.256 e. The fourth-order valence-corrected chi connectivity index (χ4v) is 3.92. The molecule has 0 aromatic heterocycles. The van der Waals surface area contributed by atoms with Gasteiger partial charge in [-0.1, -0.05) is 60.2 Å². The number of hydrogen-bond donors (Lipinski definition) is 0. The number of hydrazone groups is 1. The minimum atomic E-state index is 0.109. The average Bonchev–Trinajstić information content (AvgIpc) is 3.21. The summed E-state index contributed by atoms with van der Waals surface area (Å²) in [5.74, 6) is 0.109. The number of carbonyl (C=O) groups excluding carboxylic acids is 1. The topological polar surface area (TPSA) is 39.1 Å². The van der Waals surface area contributed by atoms with Crippen LogP contribution in [0.15, 0.2) is 59.7 Å². The van der Waals surface area contributed by atoms with Crippen LogP contribution < -0.4 is 0 Å². The van der Waals surface area contributed by atoms with E-state index in [9.17, 15) is 4.79 Å². The number of rotatable bonds is 5. The second-order valence-electron chi connectivity index (χ2n) is 7.72. The molecule has 1 saturated heterocycles. The van der Waals surface area contributed by atoms with Crippen molar-refractivity contribution in [1.82, 2.24) is 14.8 Å². The summed E-state index contributed by atoms with van der Waals surface area (Å²) in [6, 6.07) is 18.8. The first-order valence-corrected chi connectivity index (χ1v) is 10.1. The first-order valence-electron chi connectivity index (χ1n) is 10.1. The Balaban J connectivity index is 1.26. The second-order valence-corrected chi connectivity index (χ2v) is 7.72. The minimum Gasteiger partial charge on any atom is -0.297 e. The highest BCUT2D eigenvalue weighted by atomic mass is 16.2. The van der Waals surface area contributed by atoms with E-state index in [4.69, 9.17) is 0 Å². The third-order valence-electron chi connectivity index (χ3n) is 5.51. The lowest BCUT2D eigenvalue weighted by Gasteiger charge is -2.34. The van der Waals surface area contributed by atoms with Gasteiger partial charge >= 0.3 is 0 Å². The Kier molecular flexibility index (Phi) is 5.84. The smallest absolute Gasteiger partial charge is 0.256 e. The number of aryl methyl sites for hydroxylation is 1. The van der Waals surface area contributed by atoms with E-state index in [0.29, 0.717) is 13.1 Å². The van der Waals surface area contributed by atoms with E-state index in [1.807, 2.05) is 18.2 Å². The first kappa shape index (κ1) is 18.8. The van der Waals surface area contributed by atoms with E-state index in [2.05, 4.69) is 58.2 Å². The molecule has 2 aromatic rings. The Bertz CT molecular complexity index is 841. The summed E-state index contributed by atoms with van der Waals surface area (Å²) < 4.78 is 0. The molecule has 28 heavy (non-hydrogen) atoms. The van der Waals surface area contributed by atoms with Crippen LogP contribution in [-0.2, 0) is 11.3 Å². The van der Waals surface area contributed by atoms with Gasteiger partial charge in [0.2, 0.25) is 0 Å². The van der Waals surface area contributed by atoms with Gasteiger partial charge in [-0.05, 0) is 18.1 Å². The molecule has 4 rings (SSSR count). The molecule has 0 bridgehead atoms. The van der Waals surface area contributed by atoms with Crippen molar-refractivity contribution in [1.29, 1.82) is 0 Å². The number of amides is 1. The summed E-state index contributed by atoms with van der Waals surface area (Å²) in [7, 11) is 0. The lowest BCUT2D eigenvalue weighted by molar-refractivity contribution is -0.132. The van der Waals surface area contributed by atoms with E-state index in [-0.39, 0.29) is 5.91 Å². The largest absolute Gasteiger partial charge is 0.297 e. The Labute approximate surface area is 167 Å². The maximum atomic E-state index is 12.7. The van der Waals surface area contributed by atoms with Gasteiger partial charge in [0.25, 0.3) is 5.91 Å². The molecule has 1 amide bonds. The highest BCUT2D eigenvalue weighted by molar-refractivity contribution is 6.02. The molecule has 0 saturated carbocycles. The van der Waals surface area contributed by atoms with Crippen molar-refractivity contribution in [3.8, 4) is 0 Å². The van der Waals surface area contributed by atoms with Crippen molar-refractivity contribution in [3.63, 3.8) is 0 Å². The molecule has 0 N–H and O–H groups in total. The molecule has 5 heteroatoms. The Morgan fingerprint density at radius 3 is 2.43 bits per heavy atom. The van der Waals surface area contributed by atoms with Crippen molar-refractivity contribution < 1.29 is 4.79 Å². The van der Waals surface area contributed by atoms with Gasteiger partial charge in [-0.3, -0.25) is 14.6 Å². The van der Waals surface area contributed by atoms with Crippen molar-refractivity contribution >= 4 is 11.6 Å². The Morgan fingerprint density at radius 2 is 1.68 bits per heavy atom. The molecule has 0 unspecified atom stereocenters. The van der Waals surface area contributed by atoms with Crippen molar-refractivity contribution in [2.24, 2.45) is 5.10 Å². The number of benzene rings is 2. The second kappa shape index (κ2) is 8.67.